The van der Waals surface area contributed by atoms with E-state index in [1.54, 1.807) is 13.0 Å². The third-order valence-corrected chi connectivity index (χ3v) is 2.83. The van der Waals surface area contributed by atoms with Crippen LogP contribution in [-0.4, -0.2) is 27.6 Å². The van der Waals surface area contributed by atoms with Crippen molar-refractivity contribution in [2.75, 3.05) is 12.8 Å². The van der Waals surface area contributed by atoms with Gasteiger partial charge in [-0.3, -0.25) is 14.7 Å². The Morgan fingerprint density at radius 2 is 2.20 bits per heavy atom. The number of aryl methyl sites for hydroxylation is 1. The van der Waals surface area contributed by atoms with Crippen molar-refractivity contribution in [1.29, 1.82) is 0 Å². The van der Waals surface area contributed by atoms with Gasteiger partial charge in [-0.1, -0.05) is 0 Å². The van der Waals surface area contributed by atoms with E-state index in [1.165, 1.54) is 30.1 Å². The molecule has 0 unspecified atom stereocenters. The molecule has 20 heavy (non-hydrogen) atoms. The van der Waals surface area contributed by atoms with Gasteiger partial charge >= 0.3 is 5.97 Å². The van der Waals surface area contributed by atoms with Gasteiger partial charge in [-0.15, -0.1) is 0 Å². The number of methoxy groups -OCH3 is 1. The number of rotatable bonds is 3. The van der Waals surface area contributed by atoms with Gasteiger partial charge in [0.05, 0.1) is 17.7 Å². The molecule has 0 fully saturated rings. The number of ether oxygens (including phenoxy) is 1. The van der Waals surface area contributed by atoms with Crippen LogP contribution in [0, 0.1) is 17.0 Å². The highest BCUT2D eigenvalue weighted by molar-refractivity contribution is 5.92. The number of aromatic nitrogens is 2. The maximum Gasteiger partial charge on any atom is 0.360 e. The number of nitro groups is 1. The molecular weight excluding hydrogens is 264 g/mol. The molecule has 1 aromatic carbocycles. The van der Waals surface area contributed by atoms with Crippen molar-refractivity contribution < 1.29 is 14.5 Å². The summed E-state index contributed by atoms with van der Waals surface area (Å²) in [5.41, 5.74) is 7.08. The standard InChI is InChI=1S/C12H12N4O4/c1-7-5-8(16(18)19)3-4-9(7)15-6-14-10(11(15)13)12(17)20-2/h3-6H,13H2,1-2H3. The number of anilines is 1. The number of carbonyl (C=O) groups is 1. The highest BCUT2D eigenvalue weighted by Gasteiger charge is 2.18. The maximum atomic E-state index is 11.4. The molecule has 0 atom stereocenters. The number of nitrogens with zero attached hydrogens (tertiary/aromatic N) is 3. The lowest BCUT2D eigenvalue weighted by Crippen LogP contribution is -2.08. The lowest BCUT2D eigenvalue weighted by atomic mass is 10.2. The molecule has 0 radical (unpaired) electrons. The van der Waals surface area contributed by atoms with Crippen LogP contribution >= 0.6 is 0 Å². The summed E-state index contributed by atoms with van der Waals surface area (Å²) in [6.45, 7) is 1.71. The molecule has 2 aromatic rings. The van der Waals surface area contributed by atoms with E-state index in [4.69, 9.17) is 5.73 Å². The van der Waals surface area contributed by atoms with Crippen LogP contribution in [0.4, 0.5) is 11.5 Å². The Morgan fingerprint density at radius 3 is 2.75 bits per heavy atom. The SMILES string of the molecule is COC(=O)c1ncn(-c2ccc([N+](=O)[O-])cc2C)c1N. The van der Waals surface area contributed by atoms with Crippen molar-refractivity contribution in [3.05, 3.63) is 45.9 Å². The van der Waals surface area contributed by atoms with Gasteiger partial charge < -0.3 is 10.5 Å². The van der Waals surface area contributed by atoms with E-state index in [0.717, 1.165) is 0 Å². The molecule has 8 heteroatoms. The van der Waals surface area contributed by atoms with E-state index in [1.807, 2.05) is 0 Å². The molecule has 2 rings (SSSR count). The summed E-state index contributed by atoms with van der Waals surface area (Å²) in [7, 11) is 1.23. The smallest absolute Gasteiger partial charge is 0.360 e. The van der Waals surface area contributed by atoms with Crippen molar-refractivity contribution in [2.45, 2.75) is 6.92 Å². The van der Waals surface area contributed by atoms with Gasteiger partial charge in [0.1, 0.15) is 12.1 Å². The van der Waals surface area contributed by atoms with E-state index in [0.29, 0.717) is 11.3 Å². The highest BCUT2D eigenvalue weighted by Crippen LogP contribution is 2.24. The van der Waals surface area contributed by atoms with E-state index in [2.05, 4.69) is 9.72 Å². The second-order valence-electron chi connectivity index (χ2n) is 4.07. The van der Waals surface area contributed by atoms with Gasteiger partial charge in [0.15, 0.2) is 5.69 Å². The maximum absolute atomic E-state index is 11.4. The molecule has 8 nitrogen and oxygen atoms in total. The zero-order valence-electron chi connectivity index (χ0n) is 10.9. The van der Waals surface area contributed by atoms with Crippen LogP contribution in [0.1, 0.15) is 16.1 Å². The van der Waals surface area contributed by atoms with Crippen LogP contribution in [0.3, 0.4) is 0 Å². The predicted molar refractivity (Wildman–Crippen MR) is 70.7 cm³/mol. The van der Waals surface area contributed by atoms with Crippen LogP contribution in [0.5, 0.6) is 0 Å². The van der Waals surface area contributed by atoms with Gasteiger partial charge in [0, 0.05) is 12.1 Å². The quantitative estimate of drug-likeness (QED) is 0.515. The monoisotopic (exact) mass is 276 g/mol. The molecule has 0 aliphatic rings. The molecule has 1 aromatic heterocycles. The Kier molecular flexibility index (Phi) is 3.38. The number of nitro benzene ring substituents is 1. The summed E-state index contributed by atoms with van der Waals surface area (Å²) < 4.78 is 6.04. The number of nitrogen functional groups attached to an aromatic ring is 1. The van der Waals surface area contributed by atoms with E-state index in [9.17, 15) is 14.9 Å². The minimum atomic E-state index is -0.638. The number of esters is 1. The summed E-state index contributed by atoms with van der Waals surface area (Å²) in [5.74, 6) is -0.519. The van der Waals surface area contributed by atoms with Crippen LogP contribution < -0.4 is 5.73 Å². The van der Waals surface area contributed by atoms with Crippen LogP contribution in [0.25, 0.3) is 5.69 Å². The first-order chi connectivity index (χ1) is 9.45. The van der Waals surface area contributed by atoms with Crippen molar-refractivity contribution in [3.63, 3.8) is 0 Å². The van der Waals surface area contributed by atoms with Crippen molar-refractivity contribution >= 4 is 17.5 Å². The number of hydrogen-bond acceptors (Lipinski definition) is 6. The number of hydrogen-bond donors (Lipinski definition) is 1. The average Bonchev–Trinajstić information content (AvgIpc) is 2.79. The fourth-order valence-electron chi connectivity index (χ4n) is 1.83. The zero-order chi connectivity index (χ0) is 14.9. The van der Waals surface area contributed by atoms with E-state index in [-0.39, 0.29) is 17.2 Å². The molecule has 1 heterocycles. The van der Waals surface area contributed by atoms with Gasteiger partial charge in [0.2, 0.25) is 0 Å². The van der Waals surface area contributed by atoms with Crippen LogP contribution in [0.15, 0.2) is 24.5 Å². The van der Waals surface area contributed by atoms with Crippen molar-refractivity contribution in [1.82, 2.24) is 9.55 Å². The number of nitrogens with two attached hydrogens (primary N) is 1. The Morgan fingerprint density at radius 1 is 1.50 bits per heavy atom. The van der Waals surface area contributed by atoms with E-state index >= 15 is 0 Å². The molecule has 104 valence electrons. The molecule has 0 amide bonds. The molecule has 0 saturated carbocycles. The number of carbonyl (C=O) groups excluding carboxylic acids is 1. The largest absolute Gasteiger partial charge is 0.464 e. The lowest BCUT2D eigenvalue weighted by molar-refractivity contribution is -0.384. The zero-order valence-corrected chi connectivity index (χ0v) is 10.9. The normalized spacial score (nSPS) is 10.3. The summed E-state index contributed by atoms with van der Waals surface area (Å²) in [5, 5.41) is 10.7. The topological polar surface area (TPSA) is 113 Å². The van der Waals surface area contributed by atoms with Crippen LogP contribution in [0.2, 0.25) is 0 Å². The Bertz CT molecular complexity index is 693. The molecular formula is C12H12N4O4. The second kappa shape index (κ2) is 5.00. The summed E-state index contributed by atoms with van der Waals surface area (Å²) >= 11 is 0. The van der Waals surface area contributed by atoms with Crippen LogP contribution in [-0.2, 0) is 4.74 Å². The van der Waals surface area contributed by atoms with E-state index < -0.39 is 10.9 Å². The third-order valence-electron chi connectivity index (χ3n) is 2.83. The Hall–Kier alpha value is -2.90. The minimum absolute atomic E-state index is 0.00486. The summed E-state index contributed by atoms with van der Waals surface area (Å²) in [4.78, 5) is 25.6. The molecule has 0 spiro atoms. The fraction of sp³-hybridized carbons (Fsp3) is 0.167. The van der Waals surface area contributed by atoms with Gasteiger partial charge in [-0.2, -0.15) is 0 Å². The highest BCUT2D eigenvalue weighted by atomic mass is 16.6. The molecule has 0 bridgehead atoms. The van der Waals surface area contributed by atoms with Gasteiger partial charge in [0.25, 0.3) is 5.69 Å². The first-order valence-corrected chi connectivity index (χ1v) is 5.62. The number of non-ortho nitro benzene ring substituents is 1. The molecule has 2 N–H and O–H groups in total. The van der Waals surface area contributed by atoms with Gasteiger partial charge in [-0.05, 0) is 18.6 Å². The predicted octanol–water partition coefficient (Wildman–Crippen LogP) is 1.46. The second-order valence-corrected chi connectivity index (χ2v) is 4.07. The number of imidazole rings is 1. The Balaban J connectivity index is 2.50. The minimum Gasteiger partial charge on any atom is -0.464 e. The summed E-state index contributed by atoms with van der Waals surface area (Å²) in [6.07, 6.45) is 1.37. The van der Waals surface area contributed by atoms with Crippen molar-refractivity contribution in [3.8, 4) is 5.69 Å². The Labute approximate surface area is 113 Å². The first kappa shape index (κ1) is 13.5. The summed E-state index contributed by atoms with van der Waals surface area (Å²) in [6, 6.07) is 4.33. The molecule has 0 saturated heterocycles. The first-order valence-electron chi connectivity index (χ1n) is 5.62. The average molecular weight is 276 g/mol. The lowest BCUT2D eigenvalue weighted by Gasteiger charge is -2.08. The third kappa shape index (κ3) is 2.18. The number of benzene rings is 1. The van der Waals surface area contributed by atoms with Crippen molar-refractivity contribution in [2.24, 2.45) is 0 Å². The molecule has 0 aliphatic carbocycles. The fourth-order valence-corrected chi connectivity index (χ4v) is 1.83. The molecule has 0 aliphatic heterocycles. The van der Waals surface area contributed by atoms with Gasteiger partial charge in [-0.25, -0.2) is 9.78 Å².